The van der Waals surface area contributed by atoms with Crippen molar-refractivity contribution in [2.45, 2.75) is 0 Å². The van der Waals surface area contributed by atoms with Crippen molar-refractivity contribution in [2.75, 3.05) is 0 Å². The minimum Gasteiger partial charge on any atom is -0.455 e. The van der Waals surface area contributed by atoms with E-state index in [-0.39, 0.29) is 0 Å². The number of hydrogen-bond donors (Lipinski definition) is 0. The number of benzene rings is 9. The summed E-state index contributed by atoms with van der Waals surface area (Å²) in [6.07, 6.45) is 0. The zero-order chi connectivity index (χ0) is 38.9. The summed E-state index contributed by atoms with van der Waals surface area (Å²) < 4.78 is 6.66. The van der Waals surface area contributed by atoms with Gasteiger partial charge in [0.2, 0.25) is 0 Å². The SMILES string of the molecule is c1ccc(-c2nc(-c3ccccc3)nc(-c3ccc(-c4nc5cc(-c6ccc7c8ccccc8c8ccccc8c7c6)ccc5c5oc6ccccc6c45)cc3)n2)cc1. The van der Waals surface area contributed by atoms with Crippen LogP contribution >= 0.6 is 0 Å². The summed E-state index contributed by atoms with van der Waals surface area (Å²) in [6, 6.07) is 67.5. The van der Waals surface area contributed by atoms with Gasteiger partial charge in [-0.1, -0.05) is 170 Å². The summed E-state index contributed by atoms with van der Waals surface area (Å²) in [5.74, 6) is 1.87. The van der Waals surface area contributed by atoms with Crippen molar-refractivity contribution in [3.05, 3.63) is 194 Å². The maximum Gasteiger partial charge on any atom is 0.164 e. The normalized spacial score (nSPS) is 11.7. The second kappa shape index (κ2) is 13.3. The third-order valence-corrected chi connectivity index (χ3v) is 11.5. The van der Waals surface area contributed by atoms with Crippen LogP contribution in [0.3, 0.4) is 0 Å². The molecule has 0 aliphatic carbocycles. The van der Waals surface area contributed by atoms with Crippen LogP contribution in [-0.4, -0.2) is 19.9 Å². The van der Waals surface area contributed by atoms with Gasteiger partial charge in [0.05, 0.1) is 16.6 Å². The molecule has 59 heavy (non-hydrogen) atoms. The predicted octanol–water partition coefficient (Wildman–Crippen LogP) is 14.1. The topological polar surface area (TPSA) is 64.7 Å². The summed E-state index contributed by atoms with van der Waals surface area (Å²) in [5.41, 5.74) is 9.36. The van der Waals surface area contributed by atoms with E-state index in [4.69, 9.17) is 24.4 Å². The number of pyridine rings is 1. The number of nitrogens with zero attached hydrogens (tertiary/aromatic N) is 4. The Hall–Kier alpha value is -8.02. The van der Waals surface area contributed by atoms with Crippen LogP contribution < -0.4 is 0 Å². The van der Waals surface area contributed by atoms with Crippen LogP contribution in [0.5, 0.6) is 0 Å². The first-order valence-electron chi connectivity index (χ1n) is 19.8. The van der Waals surface area contributed by atoms with Gasteiger partial charge in [-0.05, 0) is 67.7 Å². The van der Waals surface area contributed by atoms with Crippen molar-refractivity contribution in [1.82, 2.24) is 19.9 Å². The second-order valence-corrected chi connectivity index (χ2v) is 15.0. The first-order valence-corrected chi connectivity index (χ1v) is 19.8. The highest BCUT2D eigenvalue weighted by molar-refractivity contribution is 6.26. The molecular formula is C54H32N4O. The van der Waals surface area contributed by atoms with Crippen LogP contribution in [-0.2, 0) is 0 Å². The van der Waals surface area contributed by atoms with Crippen molar-refractivity contribution in [3.8, 4) is 56.5 Å². The number of rotatable bonds is 5. The molecule has 5 nitrogen and oxygen atoms in total. The van der Waals surface area contributed by atoms with Crippen molar-refractivity contribution >= 4 is 65.2 Å². The van der Waals surface area contributed by atoms with Gasteiger partial charge in [0.25, 0.3) is 0 Å². The molecule has 0 N–H and O–H groups in total. The molecule has 0 fully saturated rings. The Kier molecular flexibility index (Phi) is 7.47. The van der Waals surface area contributed by atoms with E-state index in [9.17, 15) is 0 Å². The van der Waals surface area contributed by atoms with E-state index in [1.54, 1.807) is 0 Å². The lowest BCUT2D eigenvalue weighted by atomic mass is 9.92. The van der Waals surface area contributed by atoms with E-state index >= 15 is 0 Å². The average Bonchev–Trinajstić information content (AvgIpc) is 3.72. The molecule has 3 heterocycles. The summed E-state index contributed by atoms with van der Waals surface area (Å²) in [4.78, 5) is 20.2. The van der Waals surface area contributed by atoms with Crippen LogP contribution in [0.25, 0.3) is 122 Å². The molecule has 0 aliphatic rings. The van der Waals surface area contributed by atoms with E-state index in [1.807, 2.05) is 72.8 Å². The third-order valence-electron chi connectivity index (χ3n) is 11.5. The Balaban J connectivity index is 1.01. The molecule has 0 spiro atoms. The maximum absolute atomic E-state index is 6.66. The van der Waals surface area contributed by atoms with Gasteiger partial charge in [0, 0.05) is 33.0 Å². The monoisotopic (exact) mass is 752 g/mol. The van der Waals surface area contributed by atoms with Gasteiger partial charge in [-0.15, -0.1) is 0 Å². The molecule has 274 valence electrons. The fourth-order valence-electron chi connectivity index (χ4n) is 8.65. The molecule has 0 amide bonds. The smallest absolute Gasteiger partial charge is 0.164 e. The van der Waals surface area contributed by atoms with E-state index in [0.29, 0.717) is 17.5 Å². The lowest BCUT2D eigenvalue weighted by molar-refractivity contribution is 0.672. The van der Waals surface area contributed by atoms with E-state index in [2.05, 4.69) is 121 Å². The molecule has 0 bridgehead atoms. The number of fused-ring (bicyclic) bond motifs is 11. The quantitative estimate of drug-likeness (QED) is 0.164. The van der Waals surface area contributed by atoms with Crippen molar-refractivity contribution in [1.29, 1.82) is 0 Å². The molecule has 0 unspecified atom stereocenters. The van der Waals surface area contributed by atoms with E-state index in [0.717, 1.165) is 71.9 Å². The first-order chi connectivity index (χ1) is 29.2. The summed E-state index contributed by atoms with van der Waals surface area (Å²) in [6.45, 7) is 0. The van der Waals surface area contributed by atoms with Gasteiger partial charge in [-0.25, -0.2) is 19.9 Å². The lowest BCUT2D eigenvalue weighted by Gasteiger charge is -2.13. The summed E-state index contributed by atoms with van der Waals surface area (Å²) >= 11 is 0. The summed E-state index contributed by atoms with van der Waals surface area (Å²) in [7, 11) is 0. The molecule has 0 saturated carbocycles. The molecule has 12 rings (SSSR count). The molecular weight excluding hydrogens is 721 g/mol. The third kappa shape index (κ3) is 5.47. The lowest BCUT2D eigenvalue weighted by Crippen LogP contribution is -2.00. The maximum atomic E-state index is 6.66. The Morgan fingerprint density at radius 2 is 0.712 bits per heavy atom. The molecule has 0 aliphatic heterocycles. The molecule has 5 heteroatoms. The van der Waals surface area contributed by atoms with Crippen LogP contribution in [0, 0.1) is 0 Å². The van der Waals surface area contributed by atoms with Gasteiger partial charge in [-0.3, -0.25) is 0 Å². The average molecular weight is 753 g/mol. The number of aromatic nitrogens is 4. The molecule has 0 saturated heterocycles. The highest BCUT2D eigenvalue weighted by Gasteiger charge is 2.20. The number of para-hydroxylation sites is 1. The Morgan fingerprint density at radius 1 is 0.288 bits per heavy atom. The Morgan fingerprint density at radius 3 is 1.31 bits per heavy atom. The fraction of sp³-hybridized carbons (Fsp3) is 0. The molecule has 9 aromatic carbocycles. The van der Waals surface area contributed by atoms with Gasteiger partial charge in [0.15, 0.2) is 17.5 Å². The van der Waals surface area contributed by atoms with Gasteiger partial charge in [0.1, 0.15) is 11.2 Å². The second-order valence-electron chi connectivity index (χ2n) is 15.0. The summed E-state index contributed by atoms with van der Waals surface area (Å²) in [5, 5.41) is 10.5. The van der Waals surface area contributed by atoms with Crippen molar-refractivity contribution < 1.29 is 4.42 Å². The van der Waals surface area contributed by atoms with Crippen molar-refractivity contribution in [3.63, 3.8) is 0 Å². The van der Waals surface area contributed by atoms with Crippen LogP contribution in [0.1, 0.15) is 0 Å². The van der Waals surface area contributed by atoms with E-state index < -0.39 is 0 Å². The minimum atomic E-state index is 0.607. The van der Waals surface area contributed by atoms with Crippen molar-refractivity contribution in [2.24, 2.45) is 0 Å². The largest absolute Gasteiger partial charge is 0.455 e. The minimum absolute atomic E-state index is 0.607. The van der Waals surface area contributed by atoms with E-state index in [1.165, 1.54) is 32.3 Å². The Bertz CT molecular complexity index is 3500. The zero-order valence-electron chi connectivity index (χ0n) is 31.7. The fourth-order valence-corrected chi connectivity index (χ4v) is 8.65. The van der Waals surface area contributed by atoms with Gasteiger partial charge in [-0.2, -0.15) is 0 Å². The highest BCUT2D eigenvalue weighted by atomic mass is 16.3. The van der Waals surface area contributed by atoms with Gasteiger partial charge >= 0.3 is 0 Å². The van der Waals surface area contributed by atoms with Crippen LogP contribution in [0.4, 0.5) is 0 Å². The number of hydrogen-bond acceptors (Lipinski definition) is 5. The first kappa shape index (κ1) is 33.2. The Labute approximate surface area is 338 Å². The molecule has 3 aromatic heterocycles. The standard InChI is InChI=1S/C54H32N4O/c1-3-13-34(14-4-1)52-56-53(35-15-5-2-6-16-35)58-54(57-52)36-25-23-33(24-26-36)50-49-45-21-11-12-22-48(45)59-51(49)44-30-28-38(32-47(44)55-50)37-27-29-43-41-19-8-7-17-39(41)40-18-9-10-20-42(40)46(43)31-37/h1-32H. The zero-order valence-corrected chi connectivity index (χ0v) is 31.7. The van der Waals surface area contributed by atoms with Crippen LogP contribution in [0.2, 0.25) is 0 Å². The predicted molar refractivity (Wildman–Crippen MR) is 242 cm³/mol. The molecule has 0 atom stereocenters. The van der Waals surface area contributed by atoms with Gasteiger partial charge < -0.3 is 4.42 Å². The van der Waals surface area contributed by atoms with Crippen LogP contribution in [0.15, 0.2) is 199 Å². The molecule has 0 radical (unpaired) electrons. The highest BCUT2D eigenvalue weighted by Crippen LogP contribution is 2.42. The molecule has 12 aromatic rings. The number of furan rings is 1.